The Morgan fingerprint density at radius 1 is 1.05 bits per heavy atom. The zero-order valence-electron chi connectivity index (χ0n) is 10.6. The Morgan fingerprint density at radius 2 is 1.90 bits per heavy atom. The monoisotopic (exact) mass is 329 g/mol. The molecular weight excluding hydrogens is 318 g/mol. The van der Waals surface area contributed by atoms with E-state index in [1.54, 1.807) is 6.20 Å². The highest BCUT2D eigenvalue weighted by Crippen LogP contribution is 2.33. The molecule has 0 saturated heterocycles. The van der Waals surface area contributed by atoms with Crippen molar-refractivity contribution in [1.82, 2.24) is 4.98 Å². The molecule has 4 heteroatoms. The van der Waals surface area contributed by atoms with Crippen molar-refractivity contribution < 1.29 is 9.84 Å². The predicted octanol–water partition coefficient (Wildman–Crippen LogP) is 4.28. The molecule has 0 amide bonds. The van der Waals surface area contributed by atoms with Crippen molar-refractivity contribution in [3.05, 3.63) is 64.8 Å². The number of rotatable bonds is 3. The van der Waals surface area contributed by atoms with Crippen LogP contribution in [0.2, 0.25) is 0 Å². The van der Waals surface area contributed by atoms with Gasteiger partial charge in [0.05, 0.1) is 11.1 Å². The van der Waals surface area contributed by atoms with Crippen LogP contribution in [0.25, 0.3) is 10.9 Å². The molecule has 20 heavy (non-hydrogen) atoms. The topological polar surface area (TPSA) is 42.4 Å². The molecule has 0 radical (unpaired) electrons. The van der Waals surface area contributed by atoms with Crippen LogP contribution in [0, 0.1) is 0 Å². The van der Waals surface area contributed by atoms with Gasteiger partial charge >= 0.3 is 0 Å². The molecule has 3 aromatic rings. The molecule has 1 aromatic heterocycles. The van der Waals surface area contributed by atoms with Gasteiger partial charge in [0.2, 0.25) is 0 Å². The Kier molecular flexibility index (Phi) is 3.67. The normalized spacial score (nSPS) is 10.7. The highest BCUT2D eigenvalue weighted by atomic mass is 79.9. The average Bonchev–Trinajstić information content (AvgIpc) is 2.49. The first-order valence-corrected chi connectivity index (χ1v) is 6.98. The zero-order valence-corrected chi connectivity index (χ0v) is 12.2. The Labute approximate surface area is 125 Å². The molecule has 2 aromatic carbocycles. The van der Waals surface area contributed by atoms with Crippen LogP contribution in [-0.2, 0) is 6.61 Å². The SMILES string of the molecule is OCc1ccc(Oc2cccc3cccnc23)c(Br)c1. The number of ether oxygens (including phenoxy) is 1. The van der Waals surface area contributed by atoms with Crippen LogP contribution in [0.3, 0.4) is 0 Å². The van der Waals surface area contributed by atoms with Gasteiger partial charge in [0, 0.05) is 11.6 Å². The number of hydrogen-bond acceptors (Lipinski definition) is 3. The second-order valence-corrected chi connectivity index (χ2v) is 5.21. The zero-order chi connectivity index (χ0) is 13.9. The summed E-state index contributed by atoms with van der Waals surface area (Å²) in [6, 6.07) is 15.2. The van der Waals surface area contributed by atoms with Crippen molar-refractivity contribution >= 4 is 26.8 Å². The van der Waals surface area contributed by atoms with E-state index in [1.165, 1.54) is 0 Å². The second kappa shape index (κ2) is 5.61. The van der Waals surface area contributed by atoms with Crippen molar-refractivity contribution in [3.63, 3.8) is 0 Å². The Bertz CT molecular complexity index is 753. The quantitative estimate of drug-likeness (QED) is 0.779. The van der Waals surface area contributed by atoms with Crippen LogP contribution in [0.5, 0.6) is 11.5 Å². The maximum absolute atomic E-state index is 9.11. The van der Waals surface area contributed by atoms with Crippen molar-refractivity contribution in [3.8, 4) is 11.5 Å². The molecule has 0 aliphatic heterocycles. The number of fused-ring (bicyclic) bond motifs is 1. The van der Waals surface area contributed by atoms with Gasteiger partial charge in [-0.05, 0) is 45.8 Å². The van der Waals surface area contributed by atoms with E-state index in [9.17, 15) is 0 Å². The number of aliphatic hydroxyl groups is 1. The molecule has 0 saturated carbocycles. The maximum Gasteiger partial charge on any atom is 0.153 e. The minimum Gasteiger partial charge on any atom is -0.454 e. The van der Waals surface area contributed by atoms with E-state index in [4.69, 9.17) is 9.84 Å². The largest absolute Gasteiger partial charge is 0.454 e. The molecule has 1 N–H and O–H groups in total. The van der Waals surface area contributed by atoms with Gasteiger partial charge in [-0.3, -0.25) is 4.98 Å². The summed E-state index contributed by atoms with van der Waals surface area (Å²) in [6.07, 6.45) is 1.75. The van der Waals surface area contributed by atoms with Gasteiger partial charge < -0.3 is 9.84 Å². The van der Waals surface area contributed by atoms with Gasteiger partial charge in [0.1, 0.15) is 11.3 Å². The van der Waals surface area contributed by atoms with Crippen molar-refractivity contribution in [2.45, 2.75) is 6.61 Å². The van der Waals surface area contributed by atoms with E-state index < -0.39 is 0 Å². The lowest BCUT2D eigenvalue weighted by molar-refractivity contribution is 0.281. The third-order valence-electron chi connectivity index (χ3n) is 2.99. The van der Waals surface area contributed by atoms with E-state index in [2.05, 4.69) is 20.9 Å². The molecule has 0 aliphatic carbocycles. The maximum atomic E-state index is 9.11. The summed E-state index contributed by atoms with van der Waals surface area (Å²) in [6.45, 7) is 0.00863. The van der Waals surface area contributed by atoms with Crippen molar-refractivity contribution in [2.75, 3.05) is 0 Å². The van der Waals surface area contributed by atoms with E-state index in [0.717, 1.165) is 20.9 Å². The molecule has 0 fully saturated rings. The van der Waals surface area contributed by atoms with Gasteiger partial charge in [0.25, 0.3) is 0 Å². The number of benzene rings is 2. The second-order valence-electron chi connectivity index (χ2n) is 4.36. The fourth-order valence-corrected chi connectivity index (χ4v) is 2.51. The number of nitrogens with zero attached hydrogens (tertiary/aromatic N) is 1. The molecule has 0 unspecified atom stereocenters. The van der Waals surface area contributed by atoms with Crippen LogP contribution < -0.4 is 4.74 Å². The van der Waals surface area contributed by atoms with Crippen molar-refractivity contribution in [1.29, 1.82) is 0 Å². The Balaban J connectivity index is 2.01. The third-order valence-corrected chi connectivity index (χ3v) is 3.61. The number of para-hydroxylation sites is 1. The van der Waals surface area contributed by atoms with E-state index in [0.29, 0.717) is 11.5 Å². The number of halogens is 1. The van der Waals surface area contributed by atoms with Gasteiger partial charge in [-0.15, -0.1) is 0 Å². The smallest absolute Gasteiger partial charge is 0.153 e. The summed E-state index contributed by atoms with van der Waals surface area (Å²) in [5.41, 5.74) is 1.66. The average molecular weight is 330 g/mol. The first kappa shape index (κ1) is 13.1. The van der Waals surface area contributed by atoms with Crippen LogP contribution in [0.4, 0.5) is 0 Å². The summed E-state index contributed by atoms with van der Waals surface area (Å²) in [7, 11) is 0. The number of aliphatic hydroxyl groups excluding tert-OH is 1. The van der Waals surface area contributed by atoms with Crippen LogP contribution in [0.15, 0.2) is 59.2 Å². The fourth-order valence-electron chi connectivity index (χ4n) is 2.00. The summed E-state index contributed by atoms with van der Waals surface area (Å²) in [5, 5.41) is 10.1. The van der Waals surface area contributed by atoms with Gasteiger partial charge in [0.15, 0.2) is 5.75 Å². The first-order chi connectivity index (χ1) is 9.78. The number of pyridine rings is 1. The fraction of sp³-hybridized carbons (Fsp3) is 0.0625. The number of hydrogen-bond donors (Lipinski definition) is 1. The highest BCUT2D eigenvalue weighted by Gasteiger charge is 2.07. The summed E-state index contributed by atoms with van der Waals surface area (Å²) >= 11 is 3.45. The molecule has 0 bridgehead atoms. The molecule has 1 heterocycles. The summed E-state index contributed by atoms with van der Waals surface area (Å²) in [5.74, 6) is 1.40. The van der Waals surface area contributed by atoms with Gasteiger partial charge in [-0.2, -0.15) is 0 Å². The minimum atomic E-state index is 0.00863. The number of aromatic nitrogens is 1. The Hall–Kier alpha value is -1.91. The summed E-state index contributed by atoms with van der Waals surface area (Å²) in [4.78, 5) is 4.36. The van der Waals surface area contributed by atoms with E-state index >= 15 is 0 Å². The summed E-state index contributed by atoms with van der Waals surface area (Å²) < 4.78 is 6.73. The molecule has 0 atom stereocenters. The van der Waals surface area contributed by atoms with Crippen LogP contribution in [-0.4, -0.2) is 10.1 Å². The van der Waals surface area contributed by atoms with Crippen molar-refractivity contribution in [2.24, 2.45) is 0 Å². The lowest BCUT2D eigenvalue weighted by Gasteiger charge is -2.10. The van der Waals surface area contributed by atoms with Gasteiger partial charge in [-0.25, -0.2) is 0 Å². The first-order valence-electron chi connectivity index (χ1n) is 6.19. The van der Waals surface area contributed by atoms with Crippen LogP contribution >= 0.6 is 15.9 Å². The van der Waals surface area contributed by atoms with Gasteiger partial charge in [-0.1, -0.05) is 24.3 Å². The highest BCUT2D eigenvalue weighted by molar-refractivity contribution is 9.10. The minimum absolute atomic E-state index is 0.00863. The third kappa shape index (κ3) is 2.53. The van der Waals surface area contributed by atoms with Crippen LogP contribution in [0.1, 0.15) is 5.56 Å². The molecule has 3 rings (SSSR count). The van der Waals surface area contributed by atoms with E-state index in [1.807, 2.05) is 48.5 Å². The molecule has 100 valence electrons. The predicted molar refractivity (Wildman–Crippen MR) is 81.9 cm³/mol. The molecule has 0 spiro atoms. The lowest BCUT2D eigenvalue weighted by Crippen LogP contribution is -1.90. The standard InChI is InChI=1S/C16H12BrNO2/c17-13-9-11(10-19)6-7-14(13)20-15-5-1-3-12-4-2-8-18-16(12)15/h1-9,19H,10H2. The Morgan fingerprint density at radius 3 is 2.70 bits per heavy atom. The molecular formula is C16H12BrNO2. The van der Waals surface area contributed by atoms with E-state index in [-0.39, 0.29) is 6.61 Å². The molecule has 0 aliphatic rings. The molecule has 3 nitrogen and oxygen atoms in total. The lowest BCUT2D eigenvalue weighted by atomic mass is 10.2.